The van der Waals surface area contributed by atoms with E-state index in [2.05, 4.69) is 9.97 Å². The smallest absolute Gasteiger partial charge is 0.246 e. The monoisotopic (exact) mass is 391 g/mol. The average Bonchev–Trinajstić information content (AvgIpc) is 3.08. The molecular formula is C18H15ClFN3O2S. The summed E-state index contributed by atoms with van der Waals surface area (Å²) in [5.74, 6) is -0.911. The molecule has 3 heterocycles. The minimum Gasteiger partial charge on any atom is -0.346 e. The number of pyridine rings is 1. The van der Waals surface area contributed by atoms with Crippen LogP contribution < -0.4 is 0 Å². The first-order valence-corrected chi connectivity index (χ1v) is 9.86. The van der Waals surface area contributed by atoms with E-state index < -0.39 is 20.7 Å². The summed E-state index contributed by atoms with van der Waals surface area (Å²) in [7, 11) is -3.94. The molecular weight excluding hydrogens is 377 g/mol. The van der Waals surface area contributed by atoms with Crippen LogP contribution in [0.15, 0.2) is 53.7 Å². The first-order valence-electron chi connectivity index (χ1n) is 8.04. The van der Waals surface area contributed by atoms with Crippen molar-refractivity contribution in [1.29, 1.82) is 0 Å². The van der Waals surface area contributed by atoms with Crippen molar-refractivity contribution in [3.8, 4) is 0 Å². The van der Waals surface area contributed by atoms with Crippen molar-refractivity contribution in [2.45, 2.75) is 11.3 Å². The molecule has 2 aromatic heterocycles. The Labute approximate surface area is 155 Å². The Bertz CT molecular complexity index is 1120. The number of halogens is 2. The molecule has 0 spiro atoms. The standard InChI is InChI=1S/C18H15ClFN3O2S/c19-15-4-1-5-16(17(15)20)26(24,25)23-9-6-12(7-10-23)14-11-22-18-13(14)3-2-8-21-18/h1-6,8,11H,7,9-10H2,(H,21,22). The van der Waals surface area contributed by atoms with Gasteiger partial charge in [-0.05, 0) is 36.3 Å². The molecule has 1 aliphatic heterocycles. The van der Waals surface area contributed by atoms with E-state index in [-0.39, 0.29) is 18.1 Å². The normalized spacial score (nSPS) is 16.0. The lowest BCUT2D eigenvalue weighted by Crippen LogP contribution is -2.35. The number of hydrogen-bond donors (Lipinski definition) is 1. The number of aromatic nitrogens is 2. The topological polar surface area (TPSA) is 66.1 Å². The second-order valence-corrected chi connectivity index (χ2v) is 8.31. The molecule has 8 heteroatoms. The predicted molar refractivity (Wildman–Crippen MR) is 98.9 cm³/mol. The zero-order chi connectivity index (χ0) is 18.3. The van der Waals surface area contributed by atoms with E-state index in [1.165, 1.54) is 22.5 Å². The van der Waals surface area contributed by atoms with Gasteiger partial charge in [-0.3, -0.25) is 0 Å². The van der Waals surface area contributed by atoms with Crippen LogP contribution >= 0.6 is 11.6 Å². The molecule has 3 aromatic rings. The highest BCUT2D eigenvalue weighted by atomic mass is 35.5. The molecule has 26 heavy (non-hydrogen) atoms. The fourth-order valence-corrected chi connectivity index (χ4v) is 4.86. The van der Waals surface area contributed by atoms with Crippen LogP contribution in [0.25, 0.3) is 16.6 Å². The molecule has 0 unspecified atom stereocenters. The van der Waals surface area contributed by atoms with Gasteiger partial charge in [0.15, 0.2) is 5.82 Å². The molecule has 0 amide bonds. The SMILES string of the molecule is O=S(=O)(c1cccc(Cl)c1F)N1CC=C(c2c[nH]c3ncccc23)CC1. The highest BCUT2D eigenvalue weighted by molar-refractivity contribution is 7.89. The van der Waals surface area contributed by atoms with Crippen LogP contribution in [0, 0.1) is 5.82 Å². The Kier molecular flexibility index (Phi) is 4.30. The summed E-state index contributed by atoms with van der Waals surface area (Å²) < 4.78 is 40.9. The Hall–Kier alpha value is -2.22. The zero-order valence-corrected chi connectivity index (χ0v) is 15.2. The van der Waals surface area contributed by atoms with Crippen LogP contribution in [0.4, 0.5) is 4.39 Å². The number of aromatic amines is 1. The van der Waals surface area contributed by atoms with Gasteiger partial charge in [-0.25, -0.2) is 17.8 Å². The summed E-state index contributed by atoms with van der Waals surface area (Å²) in [6, 6.07) is 7.83. The van der Waals surface area contributed by atoms with E-state index in [1.807, 2.05) is 24.4 Å². The number of sulfonamides is 1. The summed E-state index contributed by atoms with van der Waals surface area (Å²) in [6.07, 6.45) is 5.98. The van der Waals surface area contributed by atoms with Gasteiger partial charge >= 0.3 is 0 Å². The average molecular weight is 392 g/mol. The van der Waals surface area contributed by atoms with E-state index in [0.29, 0.717) is 6.42 Å². The Morgan fingerprint density at radius 2 is 2.08 bits per heavy atom. The third kappa shape index (κ3) is 2.82. The van der Waals surface area contributed by atoms with Gasteiger partial charge in [-0.1, -0.05) is 23.7 Å². The minimum atomic E-state index is -3.94. The van der Waals surface area contributed by atoms with E-state index in [1.54, 1.807) is 6.20 Å². The fourth-order valence-electron chi connectivity index (χ4n) is 3.16. The van der Waals surface area contributed by atoms with E-state index in [4.69, 9.17) is 11.6 Å². The zero-order valence-electron chi connectivity index (χ0n) is 13.6. The van der Waals surface area contributed by atoms with Crippen LogP contribution in [0.2, 0.25) is 5.02 Å². The molecule has 0 saturated carbocycles. The summed E-state index contributed by atoms with van der Waals surface area (Å²) in [6.45, 7) is 0.448. The van der Waals surface area contributed by atoms with E-state index in [9.17, 15) is 12.8 Å². The largest absolute Gasteiger partial charge is 0.346 e. The van der Waals surface area contributed by atoms with Crippen molar-refractivity contribution >= 4 is 38.2 Å². The number of H-pyrrole nitrogens is 1. The summed E-state index contributed by atoms with van der Waals surface area (Å²) in [5, 5.41) is 0.793. The quantitative estimate of drug-likeness (QED) is 0.737. The van der Waals surface area contributed by atoms with E-state index in [0.717, 1.165) is 22.2 Å². The molecule has 5 nitrogen and oxygen atoms in total. The molecule has 0 atom stereocenters. The van der Waals surface area contributed by atoms with Gasteiger partial charge < -0.3 is 4.98 Å². The van der Waals surface area contributed by atoms with Crippen molar-refractivity contribution in [3.63, 3.8) is 0 Å². The van der Waals surface area contributed by atoms with Gasteiger partial charge in [-0.15, -0.1) is 0 Å². The summed E-state index contributed by atoms with van der Waals surface area (Å²) in [5.41, 5.74) is 2.85. The van der Waals surface area contributed by atoms with Crippen LogP contribution in [-0.4, -0.2) is 35.8 Å². The van der Waals surface area contributed by atoms with Crippen LogP contribution in [0.1, 0.15) is 12.0 Å². The molecule has 0 aliphatic carbocycles. The number of nitrogens with one attached hydrogen (secondary N) is 1. The Balaban J connectivity index is 1.64. The maximum Gasteiger partial charge on any atom is 0.246 e. The molecule has 0 fully saturated rings. The van der Waals surface area contributed by atoms with Crippen LogP contribution in [0.3, 0.4) is 0 Å². The Morgan fingerprint density at radius 1 is 1.23 bits per heavy atom. The van der Waals surface area contributed by atoms with E-state index >= 15 is 0 Å². The lowest BCUT2D eigenvalue weighted by atomic mass is 10.0. The van der Waals surface area contributed by atoms with Gasteiger partial charge in [0, 0.05) is 36.4 Å². The molecule has 0 saturated heterocycles. The third-order valence-electron chi connectivity index (χ3n) is 4.50. The number of rotatable bonds is 3. The van der Waals surface area contributed by atoms with Crippen molar-refractivity contribution in [1.82, 2.24) is 14.3 Å². The van der Waals surface area contributed by atoms with Crippen molar-refractivity contribution in [3.05, 3.63) is 65.2 Å². The number of hydrogen-bond acceptors (Lipinski definition) is 3. The van der Waals surface area contributed by atoms with Crippen LogP contribution in [0.5, 0.6) is 0 Å². The van der Waals surface area contributed by atoms with Crippen molar-refractivity contribution in [2.24, 2.45) is 0 Å². The van der Waals surface area contributed by atoms with Gasteiger partial charge in [0.25, 0.3) is 0 Å². The van der Waals surface area contributed by atoms with Crippen molar-refractivity contribution < 1.29 is 12.8 Å². The van der Waals surface area contributed by atoms with Crippen molar-refractivity contribution in [2.75, 3.05) is 13.1 Å². The van der Waals surface area contributed by atoms with Gasteiger partial charge in [-0.2, -0.15) is 4.31 Å². The molecule has 1 aliphatic rings. The lowest BCUT2D eigenvalue weighted by Gasteiger charge is -2.26. The third-order valence-corrected chi connectivity index (χ3v) is 6.68. The summed E-state index contributed by atoms with van der Waals surface area (Å²) >= 11 is 5.73. The molecule has 4 rings (SSSR count). The predicted octanol–water partition coefficient (Wildman–Crippen LogP) is 3.83. The van der Waals surface area contributed by atoms with Gasteiger partial charge in [0.05, 0.1) is 5.02 Å². The second-order valence-electron chi connectivity index (χ2n) is 6.00. The molecule has 0 bridgehead atoms. The highest BCUT2D eigenvalue weighted by Crippen LogP contribution is 2.31. The second kappa shape index (κ2) is 6.50. The number of nitrogens with zero attached hydrogens (tertiary/aromatic N) is 2. The number of benzene rings is 1. The van der Waals surface area contributed by atoms with Gasteiger partial charge in [0.2, 0.25) is 10.0 Å². The molecule has 0 radical (unpaired) electrons. The molecule has 1 N–H and O–H groups in total. The molecule has 134 valence electrons. The molecule has 1 aromatic carbocycles. The summed E-state index contributed by atoms with van der Waals surface area (Å²) in [4.78, 5) is 6.99. The van der Waals surface area contributed by atoms with Gasteiger partial charge in [0.1, 0.15) is 10.5 Å². The Morgan fingerprint density at radius 3 is 2.85 bits per heavy atom. The highest BCUT2D eigenvalue weighted by Gasteiger charge is 2.30. The first-order chi connectivity index (χ1) is 12.5. The number of fused-ring (bicyclic) bond motifs is 1. The lowest BCUT2D eigenvalue weighted by molar-refractivity contribution is 0.436. The maximum absolute atomic E-state index is 14.2. The fraction of sp³-hybridized carbons (Fsp3) is 0.167. The minimum absolute atomic E-state index is 0.177. The maximum atomic E-state index is 14.2. The van der Waals surface area contributed by atoms with Crippen LogP contribution in [-0.2, 0) is 10.0 Å². The first kappa shape index (κ1) is 17.2.